The van der Waals surface area contributed by atoms with Crippen LogP contribution >= 0.6 is 0 Å². The largest absolute Gasteiger partial charge is 0.374 e. The maximum Gasteiger partial charge on any atom is 0.0821 e. The Labute approximate surface area is 104 Å². The number of likely N-dealkylation sites (N-methyl/N-ethyl adjacent to an activating group) is 1. The molecule has 0 amide bonds. The summed E-state index contributed by atoms with van der Waals surface area (Å²) in [4.78, 5) is 0. The SMILES string of the molecule is CCCn1cc(C(NC)C(C)(C)OCC)cn1. The van der Waals surface area contributed by atoms with Gasteiger partial charge >= 0.3 is 0 Å². The second-order valence-electron chi connectivity index (χ2n) is 4.79. The molecule has 0 bridgehead atoms. The van der Waals surface area contributed by atoms with E-state index >= 15 is 0 Å². The lowest BCUT2D eigenvalue weighted by molar-refractivity contribution is -0.0375. The summed E-state index contributed by atoms with van der Waals surface area (Å²) < 4.78 is 7.79. The van der Waals surface area contributed by atoms with Crippen molar-refractivity contribution >= 4 is 0 Å². The predicted octanol–water partition coefficient (Wildman–Crippen LogP) is 2.37. The van der Waals surface area contributed by atoms with Crippen LogP contribution in [0, 0.1) is 0 Å². The summed E-state index contributed by atoms with van der Waals surface area (Å²) in [6.07, 6.45) is 5.13. The fourth-order valence-electron chi connectivity index (χ4n) is 2.25. The summed E-state index contributed by atoms with van der Waals surface area (Å²) in [5.74, 6) is 0. The summed E-state index contributed by atoms with van der Waals surface area (Å²) >= 11 is 0. The van der Waals surface area contributed by atoms with Crippen molar-refractivity contribution in [2.75, 3.05) is 13.7 Å². The van der Waals surface area contributed by atoms with Crippen LogP contribution in [0.2, 0.25) is 0 Å². The van der Waals surface area contributed by atoms with Gasteiger partial charge in [-0.15, -0.1) is 0 Å². The first-order valence-corrected chi connectivity index (χ1v) is 6.38. The maximum absolute atomic E-state index is 5.81. The lowest BCUT2D eigenvalue weighted by Crippen LogP contribution is -2.40. The molecule has 0 aromatic carbocycles. The van der Waals surface area contributed by atoms with Gasteiger partial charge in [0.05, 0.1) is 17.8 Å². The van der Waals surface area contributed by atoms with E-state index in [0.717, 1.165) is 13.0 Å². The third kappa shape index (κ3) is 3.54. The molecule has 0 radical (unpaired) electrons. The van der Waals surface area contributed by atoms with Gasteiger partial charge in [-0.3, -0.25) is 4.68 Å². The van der Waals surface area contributed by atoms with Gasteiger partial charge < -0.3 is 10.1 Å². The van der Waals surface area contributed by atoms with Crippen molar-refractivity contribution in [3.05, 3.63) is 18.0 Å². The molecule has 1 heterocycles. The van der Waals surface area contributed by atoms with Crippen molar-refractivity contribution in [1.29, 1.82) is 0 Å². The zero-order valence-electron chi connectivity index (χ0n) is 11.7. The number of ether oxygens (including phenoxy) is 1. The smallest absolute Gasteiger partial charge is 0.0821 e. The van der Waals surface area contributed by atoms with Crippen LogP contribution in [0.15, 0.2) is 12.4 Å². The number of aryl methyl sites for hydroxylation is 1. The minimum atomic E-state index is -0.233. The fourth-order valence-corrected chi connectivity index (χ4v) is 2.25. The Morgan fingerprint density at radius 3 is 2.71 bits per heavy atom. The van der Waals surface area contributed by atoms with Crippen molar-refractivity contribution in [3.63, 3.8) is 0 Å². The molecule has 0 saturated heterocycles. The van der Waals surface area contributed by atoms with Crippen molar-refractivity contribution < 1.29 is 4.74 Å². The summed E-state index contributed by atoms with van der Waals surface area (Å²) in [6.45, 7) is 10.1. The molecule has 4 nitrogen and oxygen atoms in total. The van der Waals surface area contributed by atoms with E-state index in [2.05, 4.69) is 37.4 Å². The second-order valence-corrected chi connectivity index (χ2v) is 4.79. The average molecular weight is 239 g/mol. The number of nitrogens with one attached hydrogen (secondary N) is 1. The second kappa shape index (κ2) is 6.17. The minimum Gasteiger partial charge on any atom is -0.374 e. The standard InChI is InChI=1S/C13H25N3O/c1-6-8-16-10-11(9-15-16)12(14-5)13(3,4)17-7-2/h9-10,12,14H,6-8H2,1-5H3. The number of hydrogen-bond acceptors (Lipinski definition) is 3. The molecule has 1 aromatic heterocycles. The van der Waals surface area contributed by atoms with E-state index in [1.54, 1.807) is 0 Å². The molecule has 1 unspecified atom stereocenters. The lowest BCUT2D eigenvalue weighted by atomic mass is 9.94. The van der Waals surface area contributed by atoms with Gasteiger partial charge in [-0.25, -0.2) is 0 Å². The minimum absolute atomic E-state index is 0.160. The third-order valence-corrected chi connectivity index (χ3v) is 2.94. The van der Waals surface area contributed by atoms with Crippen LogP contribution in [-0.4, -0.2) is 29.0 Å². The van der Waals surface area contributed by atoms with Crippen LogP contribution in [0.5, 0.6) is 0 Å². The number of aromatic nitrogens is 2. The van der Waals surface area contributed by atoms with Crippen LogP contribution in [0.4, 0.5) is 0 Å². The van der Waals surface area contributed by atoms with E-state index in [9.17, 15) is 0 Å². The molecule has 98 valence electrons. The van der Waals surface area contributed by atoms with Crippen molar-refractivity contribution in [1.82, 2.24) is 15.1 Å². The van der Waals surface area contributed by atoms with Gasteiger partial charge in [0.2, 0.25) is 0 Å². The highest BCUT2D eigenvalue weighted by molar-refractivity contribution is 5.14. The monoisotopic (exact) mass is 239 g/mol. The van der Waals surface area contributed by atoms with Gasteiger partial charge in [0.15, 0.2) is 0 Å². The molecule has 0 spiro atoms. The molecule has 1 atom stereocenters. The van der Waals surface area contributed by atoms with Gasteiger partial charge in [0.25, 0.3) is 0 Å². The van der Waals surface area contributed by atoms with E-state index in [1.165, 1.54) is 5.56 Å². The van der Waals surface area contributed by atoms with Crippen molar-refractivity contribution in [3.8, 4) is 0 Å². The fraction of sp³-hybridized carbons (Fsp3) is 0.769. The Kier molecular flexibility index (Phi) is 5.15. The molecule has 17 heavy (non-hydrogen) atoms. The zero-order valence-corrected chi connectivity index (χ0v) is 11.7. The van der Waals surface area contributed by atoms with Crippen LogP contribution in [-0.2, 0) is 11.3 Å². The maximum atomic E-state index is 5.81. The van der Waals surface area contributed by atoms with E-state index in [0.29, 0.717) is 6.61 Å². The first kappa shape index (κ1) is 14.2. The molecular weight excluding hydrogens is 214 g/mol. The number of nitrogens with zero attached hydrogens (tertiary/aromatic N) is 2. The Morgan fingerprint density at radius 1 is 1.47 bits per heavy atom. The first-order chi connectivity index (χ1) is 8.05. The molecule has 0 fully saturated rings. The van der Waals surface area contributed by atoms with E-state index in [-0.39, 0.29) is 11.6 Å². The van der Waals surface area contributed by atoms with Gasteiger partial charge in [0, 0.05) is 24.9 Å². The van der Waals surface area contributed by atoms with Crippen LogP contribution in [0.25, 0.3) is 0 Å². The Morgan fingerprint density at radius 2 is 2.18 bits per heavy atom. The molecule has 0 aliphatic heterocycles. The quantitative estimate of drug-likeness (QED) is 0.794. The topological polar surface area (TPSA) is 39.1 Å². The van der Waals surface area contributed by atoms with Gasteiger partial charge in [0.1, 0.15) is 0 Å². The number of rotatable bonds is 7. The number of hydrogen-bond donors (Lipinski definition) is 1. The summed E-state index contributed by atoms with van der Waals surface area (Å²) in [5.41, 5.74) is 0.947. The highest BCUT2D eigenvalue weighted by Gasteiger charge is 2.31. The van der Waals surface area contributed by atoms with E-state index < -0.39 is 0 Å². The molecule has 0 saturated carbocycles. The summed E-state index contributed by atoms with van der Waals surface area (Å²) in [6, 6.07) is 0.160. The highest BCUT2D eigenvalue weighted by Crippen LogP contribution is 2.28. The van der Waals surface area contributed by atoms with Gasteiger partial charge in [-0.1, -0.05) is 6.92 Å². The van der Waals surface area contributed by atoms with Crippen LogP contribution < -0.4 is 5.32 Å². The molecule has 0 aliphatic rings. The van der Waals surface area contributed by atoms with Crippen LogP contribution in [0.1, 0.15) is 45.7 Å². The zero-order chi connectivity index (χ0) is 12.9. The summed E-state index contributed by atoms with van der Waals surface area (Å²) in [5, 5.41) is 7.69. The van der Waals surface area contributed by atoms with Crippen molar-refractivity contribution in [2.24, 2.45) is 0 Å². The highest BCUT2D eigenvalue weighted by atomic mass is 16.5. The van der Waals surface area contributed by atoms with Crippen LogP contribution in [0.3, 0.4) is 0 Å². The Bertz CT molecular complexity index is 333. The lowest BCUT2D eigenvalue weighted by Gasteiger charge is -2.33. The Hall–Kier alpha value is -0.870. The molecular formula is C13H25N3O. The predicted molar refractivity (Wildman–Crippen MR) is 70.0 cm³/mol. The first-order valence-electron chi connectivity index (χ1n) is 6.38. The van der Waals surface area contributed by atoms with Gasteiger partial charge in [-0.05, 0) is 34.2 Å². The molecule has 4 heteroatoms. The Balaban J connectivity index is 2.85. The molecule has 1 N–H and O–H groups in total. The van der Waals surface area contributed by atoms with E-state index in [4.69, 9.17) is 4.74 Å². The molecule has 1 rings (SSSR count). The molecule has 1 aromatic rings. The summed E-state index contributed by atoms with van der Waals surface area (Å²) in [7, 11) is 1.96. The molecule has 0 aliphatic carbocycles. The average Bonchev–Trinajstić information content (AvgIpc) is 2.67. The van der Waals surface area contributed by atoms with Crippen molar-refractivity contribution in [2.45, 2.75) is 52.3 Å². The normalized spacial score (nSPS) is 13.9. The van der Waals surface area contributed by atoms with Gasteiger partial charge in [-0.2, -0.15) is 5.10 Å². The third-order valence-electron chi connectivity index (χ3n) is 2.94. The van der Waals surface area contributed by atoms with E-state index in [1.807, 2.05) is 24.9 Å².